The van der Waals surface area contributed by atoms with Crippen molar-refractivity contribution in [3.05, 3.63) is 53.2 Å². The maximum absolute atomic E-state index is 12.9. The number of nitrogens with zero attached hydrogens (tertiary/aromatic N) is 4. The first-order chi connectivity index (χ1) is 13.7. The molecule has 0 N–H and O–H groups in total. The van der Waals surface area contributed by atoms with E-state index in [9.17, 15) is 4.79 Å². The number of carbonyl (C=O) groups excluding carboxylic acids is 1. The molecule has 6 nitrogen and oxygen atoms in total. The Morgan fingerprint density at radius 1 is 1.25 bits per heavy atom. The number of amides is 1. The molecule has 2 aliphatic heterocycles. The van der Waals surface area contributed by atoms with Crippen LogP contribution in [0.2, 0.25) is 0 Å². The van der Waals surface area contributed by atoms with Gasteiger partial charge in [-0.15, -0.1) is 0 Å². The number of aromatic nitrogens is 1. The lowest BCUT2D eigenvalue weighted by Crippen LogP contribution is -2.31. The van der Waals surface area contributed by atoms with Crippen molar-refractivity contribution in [2.24, 2.45) is 0 Å². The summed E-state index contributed by atoms with van der Waals surface area (Å²) in [7, 11) is 0. The predicted octanol–water partition coefficient (Wildman–Crippen LogP) is 3.16. The van der Waals surface area contributed by atoms with Gasteiger partial charge in [-0.25, -0.2) is 4.98 Å². The largest absolute Gasteiger partial charge is 0.485 e. The first-order valence-electron chi connectivity index (χ1n) is 9.82. The van der Waals surface area contributed by atoms with Gasteiger partial charge in [0.1, 0.15) is 6.10 Å². The number of carbonyl (C=O) groups is 1. The molecule has 2 aromatic rings. The van der Waals surface area contributed by atoms with Crippen molar-refractivity contribution < 1.29 is 9.53 Å². The Balaban J connectivity index is 1.44. The fourth-order valence-corrected chi connectivity index (χ4v) is 3.97. The summed E-state index contributed by atoms with van der Waals surface area (Å²) in [6.07, 6.45) is 4.94. The van der Waals surface area contributed by atoms with Gasteiger partial charge in [-0.2, -0.15) is 5.26 Å². The molecular formula is C22H24N4O2. The molecular weight excluding hydrogens is 352 g/mol. The van der Waals surface area contributed by atoms with Crippen LogP contribution < -0.4 is 9.64 Å². The molecule has 0 aliphatic carbocycles. The van der Waals surface area contributed by atoms with Crippen molar-refractivity contribution in [2.45, 2.75) is 32.3 Å². The van der Waals surface area contributed by atoms with E-state index in [0.29, 0.717) is 24.2 Å². The van der Waals surface area contributed by atoms with E-state index < -0.39 is 0 Å². The van der Waals surface area contributed by atoms with Gasteiger partial charge in [0.2, 0.25) is 0 Å². The van der Waals surface area contributed by atoms with E-state index in [4.69, 9.17) is 10.00 Å². The Morgan fingerprint density at radius 3 is 2.82 bits per heavy atom. The first-order valence-corrected chi connectivity index (χ1v) is 9.82. The second-order valence-electron chi connectivity index (χ2n) is 7.44. The molecule has 6 heteroatoms. The average molecular weight is 376 g/mol. The van der Waals surface area contributed by atoms with Crippen LogP contribution in [0, 0.1) is 18.3 Å². The lowest BCUT2D eigenvalue weighted by Gasteiger charge is -2.22. The quantitative estimate of drug-likeness (QED) is 0.820. The van der Waals surface area contributed by atoms with E-state index >= 15 is 0 Å². The van der Waals surface area contributed by atoms with Gasteiger partial charge < -0.3 is 14.5 Å². The molecule has 1 amide bonds. The highest BCUT2D eigenvalue weighted by molar-refractivity contribution is 5.96. The van der Waals surface area contributed by atoms with Crippen molar-refractivity contribution in [1.29, 1.82) is 5.26 Å². The fourth-order valence-electron chi connectivity index (χ4n) is 3.97. The Morgan fingerprint density at radius 2 is 2.07 bits per heavy atom. The highest BCUT2D eigenvalue weighted by Gasteiger charge is 2.30. The van der Waals surface area contributed by atoms with Gasteiger partial charge in [0.15, 0.2) is 11.6 Å². The third-order valence-corrected chi connectivity index (χ3v) is 5.47. The Kier molecular flexibility index (Phi) is 5.16. The molecule has 1 aromatic heterocycles. The van der Waals surface area contributed by atoms with Crippen LogP contribution in [0.15, 0.2) is 36.5 Å². The third-order valence-electron chi connectivity index (χ3n) is 5.47. The highest BCUT2D eigenvalue weighted by atomic mass is 16.5. The number of aryl methyl sites for hydroxylation is 1. The topological polar surface area (TPSA) is 69.5 Å². The van der Waals surface area contributed by atoms with Crippen molar-refractivity contribution >= 4 is 11.7 Å². The minimum atomic E-state index is -0.0341. The van der Waals surface area contributed by atoms with Crippen LogP contribution in [0.25, 0.3) is 0 Å². The minimum absolute atomic E-state index is 0.000886. The van der Waals surface area contributed by atoms with Crippen LogP contribution in [-0.4, -0.2) is 48.1 Å². The molecule has 1 atom stereocenters. The number of hydrogen-bond acceptors (Lipinski definition) is 5. The standard InChI is InChI=1S/C22H24N4O2/c1-16-13-17(14-23)6-7-19(16)22(27)26-12-8-18(15-26)28-20-5-4-9-24-21(20)25-10-2-3-11-25/h4-7,9,13,18H,2-3,8,10-12,15H2,1H3/t18-/m1/s1. The maximum Gasteiger partial charge on any atom is 0.254 e. The van der Waals surface area contributed by atoms with Crippen LogP contribution in [0.4, 0.5) is 5.82 Å². The zero-order chi connectivity index (χ0) is 19.5. The van der Waals surface area contributed by atoms with E-state index in [1.165, 1.54) is 12.8 Å². The molecule has 0 saturated carbocycles. The van der Waals surface area contributed by atoms with E-state index in [-0.39, 0.29) is 12.0 Å². The monoisotopic (exact) mass is 376 g/mol. The average Bonchev–Trinajstić information content (AvgIpc) is 3.40. The number of ether oxygens (including phenoxy) is 1. The van der Waals surface area contributed by atoms with Gasteiger partial charge in [0, 0.05) is 37.8 Å². The van der Waals surface area contributed by atoms with Crippen molar-refractivity contribution in [3.63, 3.8) is 0 Å². The lowest BCUT2D eigenvalue weighted by molar-refractivity contribution is 0.0772. The van der Waals surface area contributed by atoms with E-state index in [1.807, 2.05) is 24.0 Å². The van der Waals surface area contributed by atoms with E-state index in [1.54, 1.807) is 24.4 Å². The van der Waals surface area contributed by atoms with Crippen LogP contribution in [0.1, 0.15) is 40.7 Å². The van der Waals surface area contributed by atoms with Crippen LogP contribution >= 0.6 is 0 Å². The van der Waals surface area contributed by atoms with E-state index in [2.05, 4.69) is 16.0 Å². The molecule has 144 valence electrons. The second-order valence-corrected chi connectivity index (χ2v) is 7.44. The number of pyridine rings is 1. The van der Waals surface area contributed by atoms with Crippen LogP contribution in [0.3, 0.4) is 0 Å². The van der Waals surface area contributed by atoms with Crippen molar-refractivity contribution in [3.8, 4) is 11.8 Å². The van der Waals surface area contributed by atoms with Crippen molar-refractivity contribution in [2.75, 3.05) is 31.1 Å². The van der Waals surface area contributed by atoms with Crippen LogP contribution in [0.5, 0.6) is 5.75 Å². The van der Waals surface area contributed by atoms with Gasteiger partial charge in [-0.05, 0) is 55.7 Å². The van der Waals surface area contributed by atoms with Gasteiger partial charge in [0.05, 0.1) is 18.2 Å². The third kappa shape index (κ3) is 3.65. The molecule has 28 heavy (non-hydrogen) atoms. The Bertz CT molecular complexity index is 915. The molecule has 0 unspecified atom stereocenters. The number of likely N-dealkylation sites (tertiary alicyclic amines) is 1. The molecule has 4 rings (SSSR count). The molecule has 2 saturated heterocycles. The Hall–Kier alpha value is -3.07. The zero-order valence-electron chi connectivity index (χ0n) is 16.1. The number of anilines is 1. The smallest absolute Gasteiger partial charge is 0.254 e. The van der Waals surface area contributed by atoms with Gasteiger partial charge in [-0.3, -0.25) is 4.79 Å². The normalized spacial score (nSPS) is 18.9. The summed E-state index contributed by atoms with van der Waals surface area (Å²) in [4.78, 5) is 21.5. The highest BCUT2D eigenvalue weighted by Crippen LogP contribution is 2.30. The maximum atomic E-state index is 12.9. The summed E-state index contributed by atoms with van der Waals surface area (Å²) in [5, 5.41) is 9.01. The summed E-state index contributed by atoms with van der Waals surface area (Å²) in [5.74, 6) is 1.71. The molecule has 0 spiro atoms. The summed E-state index contributed by atoms with van der Waals surface area (Å²) >= 11 is 0. The predicted molar refractivity (Wildman–Crippen MR) is 107 cm³/mol. The lowest BCUT2D eigenvalue weighted by atomic mass is 10.0. The summed E-state index contributed by atoms with van der Waals surface area (Å²) in [6, 6.07) is 11.2. The first kappa shape index (κ1) is 18.3. The number of hydrogen-bond donors (Lipinski definition) is 0. The van der Waals surface area contributed by atoms with E-state index in [0.717, 1.165) is 36.6 Å². The molecule has 1 aromatic carbocycles. The van der Waals surface area contributed by atoms with Gasteiger partial charge in [-0.1, -0.05) is 0 Å². The number of rotatable bonds is 4. The molecule has 2 aliphatic rings. The van der Waals surface area contributed by atoms with Gasteiger partial charge >= 0.3 is 0 Å². The number of nitriles is 1. The summed E-state index contributed by atoms with van der Waals surface area (Å²) in [5.41, 5.74) is 2.05. The zero-order valence-corrected chi connectivity index (χ0v) is 16.1. The summed E-state index contributed by atoms with van der Waals surface area (Å²) in [6.45, 7) is 5.13. The SMILES string of the molecule is Cc1cc(C#N)ccc1C(=O)N1CC[C@@H](Oc2cccnc2N2CCCC2)C1. The minimum Gasteiger partial charge on any atom is -0.485 e. The van der Waals surface area contributed by atoms with Crippen LogP contribution in [-0.2, 0) is 0 Å². The molecule has 2 fully saturated rings. The fraction of sp³-hybridized carbons (Fsp3) is 0.409. The van der Waals surface area contributed by atoms with Crippen molar-refractivity contribution in [1.82, 2.24) is 9.88 Å². The molecule has 0 radical (unpaired) electrons. The summed E-state index contributed by atoms with van der Waals surface area (Å²) < 4.78 is 6.26. The molecule has 0 bridgehead atoms. The van der Waals surface area contributed by atoms with Gasteiger partial charge in [0.25, 0.3) is 5.91 Å². The molecule has 3 heterocycles. The second kappa shape index (κ2) is 7.89. The Labute approximate surface area is 165 Å². The number of benzene rings is 1.